The molecule has 3 N–H and O–H groups in total. The molecule has 0 aliphatic carbocycles. The Labute approximate surface area is 286 Å². The number of aromatic nitrogens is 3. The molecule has 3 aliphatic rings. The summed E-state index contributed by atoms with van der Waals surface area (Å²) >= 11 is 6.52. The predicted octanol–water partition coefficient (Wildman–Crippen LogP) is 6.09. The normalized spacial score (nSPS) is 18.3. The molecule has 10 nitrogen and oxygen atoms in total. The Bertz CT molecular complexity index is 1720. The molecular weight excluding hydrogens is 626 g/mol. The maximum Gasteiger partial charge on any atom is 0.233 e. The lowest BCUT2D eigenvalue weighted by Gasteiger charge is -2.36. The molecule has 48 heavy (non-hydrogen) atoms. The van der Waals surface area contributed by atoms with E-state index in [1.807, 2.05) is 43.3 Å². The Kier molecular flexibility index (Phi) is 10.3. The van der Waals surface area contributed by atoms with Gasteiger partial charge in [0.05, 0.1) is 51.7 Å². The van der Waals surface area contributed by atoms with Crippen LogP contribution in [0.25, 0.3) is 22.4 Å². The Morgan fingerprint density at radius 3 is 2.33 bits per heavy atom. The summed E-state index contributed by atoms with van der Waals surface area (Å²) in [7, 11) is 0. The third-order valence-corrected chi connectivity index (χ3v) is 10.2. The van der Waals surface area contributed by atoms with E-state index in [2.05, 4.69) is 44.9 Å². The van der Waals surface area contributed by atoms with E-state index in [0.29, 0.717) is 54.8 Å². The number of carbonyl (C=O) groups excluding carboxylic acids is 2. The van der Waals surface area contributed by atoms with Gasteiger partial charge in [-0.1, -0.05) is 67.1 Å². The van der Waals surface area contributed by atoms with Crippen LogP contribution in [-0.4, -0.2) is 75.6 Å². The SMILES string of the molecule is CCC1(O)CCNCC1.O=CN1CCC2(CC1)CCN(c1cncc(Nc3ncc(Cl)c(-c4cccc(-c5ccccc5)c4)n3)c1)C2=O. The van der Waals surface area contributed by atoms with Gasteiger partial charge in [-0.3, -0.25) is 14.6 Å². The molecule has 2 amide bonds. The first-order valence-corrected chi connectivity index (χ1v) is 17.0. The van der Waals surface area contributed by atoms with Gasteiger partial charge in [-0.15, -0.1) is 0 Å². The summed E-state index contributed by atoms with van der Waals surface area (Å²) in [6.07, 6.45) is 10.7. The van der Waals surface area contributed by atoms with E-state index in [0.717, 1.165) is 67.6 Å². The second kappa shape index (κ2) is 14.8. The van der Waals surface area contributed by atoms with Crippen molar-refractivity contribution in [3.8, 4) is 22.4 Å². The Morgan fingerprint density at radius 1 is 0.917 bits per heavy atom. The number of likely N-dealkylation sites (tertiary alicyclic amines) is 1. The minimum Gasteiger partial charge on any atom is -0.390 e. The van der Waals surface area contributed by atoms with Crippen LogP contribution in [0, 0.1) is 5.41 Å². The lowest BCUT2D eigenvalue weighted by atomic mass is 9.77. The van der Waals surface area contributed by atoms with Gasteiger partial charge in [-0.05, 0) is 74.9 Å². The molecule has 1 spiro atoms. The first-order chi connectivity index (χ1) is 23.3. The number of pyridine rings is 1. The van der Waals surface area contributed by atoms with E-state index in [-0.39, 0.29) is 11.5 Å². The number of benzene rings is 2. The fourth-order valence-electron chi connectivity index (χ4n) is 6.71. The number of carbonyl (C=O) groups is 2. The number of nitrogens with zero attached hydrogens (tertiary/aromatic N) is 5. The van der Waals surface area contributed by atoms with E-state index in [4.69, 9.17) is 16.6 Å². The molecule has 4 aromatic rings. The third kappa shape index (κ3) is 7.51. The third-order valence-electron chi connectivity index (χ3n) is 9.89. The van der Waals surface area contributed by atoms with Crippen molar-refractivity contribution in [1.29, 1.82) is 0 Å². The number of hydrogen-bond donors (Lipinski definition) is 3. The lowest BCUT2D eigenvalue weighted by molar-refractivity contribution is -0.131. The van der Waals surface area contributed by atoms with Gasteiger partial charge in [0.2, 0.25) is 18.3 Å². The van der Waals surface area contributed by atoms with E-state index in [1.165, 1.54) is 0 Å². The van der Waals surface area contributed by atoms with Crippen molar-refractivity contribution in [2.45, 2.75) is 51.0 Å². The van der Waals surface area contributed by atoms with E-state index >= 15 is 0 Å². The fraction of sp³-hybridized carbons (Fsp3) is 0.378. The number of piperidine rings is 2. The van der Waals surface area contributed by atoms with Crippen LogP contribution >= 0.6 is 11.6 Å². The molecular formula is C37H42ClN7O3. The number of anilines is 3. The first kappa shape index (κ1) is 33.5. The van der Waals surface area contributed by atoms with Crippen molar-refractivity contribution in [2.75, 3.05) is 42.9 Å². The first-order valence-electron chi connectivity index (χ1n) is 16.7. The highest BCUT2D eigenvalue weighted by molar-refractivity contribution is 6.33. The topological polar surface area (TPSA) is 124 Å². The van der Waals surface area contributed by atoms with E-state index < -0.39 is 5.41 Å². The van der Waals surface area contributed by atoms with Crippen LogP contribution in [0.3, 0.4) is 0 Å². The van der Waals surface area contributed by atoms with Gasteiger partial charge < -0.3 is 25.5 Å². The van der Waals surface area contributed by atoms with Crippen molar-refractivity contribution in [3.05, 3.63) is 84.3 Å². The average molecular weight is 668 g/mol. The van der Waals surface area contributed by atoms with Gasteiger partial charge in [0.1, 0.15) is 0 Å². The van der Waals surface area contributed by atoms with Crippen LogP contribution in [0.1, 0.15) is 45.4 Å². The van der Waals surface area contributed by atoms with Crippen molar-refractivity contribution in [2.24, 2.45) is 5.41 Å². The minimum absolute atomic E-state index is 0.107. The summed E-state index contributed by atoms with van der Waals surface area (Å²) < 4.78 is 0. The molecule has 5 heterocycles. The van der Waals surface area contributed by atoms with Gasteiger partial charge >= 0.3 is 0 Å². The molecule has 3 fully saturated rings. The standard InChI is InChI=1S/C30H27ClN6O2.C7H15NO/c31-26-19-33-29(35-27(26)23-8-4-7-22(15-23)21-5-2-1-3-6-21)34-24-16-25(18-32-17-24)37-14-11-30(28(37)39)9-12-36(20-38)13-10-30;1-2-7(9)3-5-8-6-4-7/h1-8,15-20H,9-14H2,(H,33,34,35);8-9H,2-6H2,1H3. The number of nitrogens with one attached hydrogen (secondary N) is 2. The van der Waals surface area contributed by atoms with Crippen molar-refractivity contribution < 1.29 is 14.7 Å². The molecule has 3 aliphatic heterocycles. The van der Waals surface area contributed by atoms with Gasteiger partial charge in [0.25, 0.3) is 0 Å². The van der Waals surface area contributed by atoms with Gasteiger partial charge in [-0.2, -0.15) is 0 Å². The van der Waals surface area contributed by atoms with Gasteiger partial charge in [-0.25, -0.2) is 9.97 Å². The summed E-state index contributed by atoms with van der Waals surface area (Å²) in [5, 5.41) is 16.5. The summed E-state index contributed by atoms with van der Waals surface area (Å²) in [6.45, 7) is 5.87. The summed E-state index contributed by atoms with van der Waals surface area (Å²) in [5.41, 5.74) is 4.34. The van der Waals surface area contributed by atoms with Crippen LogP contribution in [0.5, 0.6) is 0 Å². The highest BCUT2D eigenvalue weighted by atomic mass is 35.5. The summed E-state index contributed by atoms with van der Waals surface area (Å²) in [5.74, 6) is 0.485. The summed E-state index contributed by atoms with van der Waals surface area (Å²) in [4.78, 5) is 41.5. The number of amides is 2. The van der Waals surface area contributed by atoms with E-state index in [1.54, 1.807) is 28.4 Å². The molecule has 3 saturated heterocycles. The molecule has 7 rings (SSSR count). The van der Waals surface area contributed by atoms with Gasteiger partial charge in [0.15, 0.2) is 0 Å². The van der Waals surface area contributed by atoms with Crippen LogP contribution in [0.2, 0.25) is 5.02 Å². The zero-order valence-electron chi connectivity index (χ0n) is 27.2. The minimum atomic E-state index is -0.397. The molecule has 0 bridgehead atoms. The molecule has 2 aromatic heterocycles. The zero-order chi connectivity index (χ0) is 33.6. The Balaban J connectivity index is 0.000000388. The maximum atomic E-state index is 13.4. The highest BCUT2D eigenvalue weighted by Gasteiger charge is 2.48. The monoisotopic (exact) mass is 667 g/mol. The molecule has 0 atom stereocenters. The molecule has 0 radical (unpaired) electrons. The smallest absolute Gasteiger partial charge is 0.233 e. The highest BCUT2D eigenvalue weighted by Crippen LogP contribution is 2.43. The molecule has 0 unspecified atom stereocenters. The van der Waals surface area contributed by atoms with Gasteiger partial charge in [0, 0.05) is 25.2 Å². The number of rotatable bonds is 7. The van der Waals surface area contributed by atoms with E-state index in [9.17, 15) is 14.7 Å². The van der Waals surface area contributed by atoms with Crippen LogP contribution < -0.4 is 15.5 Å². The largest absolute Gasteiger partial charge is 0.390 e. The number of aliphatic hydroxyl groups is 1. The fourth-order valence-corrected chi connectivity index (χ4v) is 6.91. The summed E-state index contributed by atoms with van der Waals surface area (Å²) in [6, 6.07) is 20.1. The Hall–Kier alpha value is -4.38. The predicted molar refractivity (Wildman–Crippen MR) is 189 cm³/mol. The Morgan fingerprint density at radius 2 is 1.62 bits per heavy atom. The van der Waals surface area contributed by atoms with Crippen molar-refractivity contribution in [3.63, 3.8) is 0 Å². The van der Waals surface area contributed by atoms with Crippen LogP contribution in [-0.2, 0) is 9.59 Å². The van der Waals surface area contributed by atoms with Crippen molar-refractivity contribution in [1.82, 2.24) is 25.2 Å². The average Bonchev–Trinajstić information content (AvgIpc) is 3.45. The quantitative estimate of drug-likeness (QED) is 0.203. The lowest BCUT2D eigenvalue weighted by Crippen LogP contribution is -2.44. The molecule has 0 saturated carbocycles. The maximum absolute atomic E-state index is 13.4. The second-order valence-electron chi connectivity index (χ2n) is 12.9. The number of halogens is 1. The molecule has 2 aromatic carbocycles. The zero-order valence-corrected chi connectivity index (χ0v) is 28.0. The molecule has 11 heteroatoms. The number of hydrogen-bond acceptors (Lipinski definition) is 8. The molecule has 250 valence electrons. The van der Waals surface area contributed by atoms with Crippen LogP contribution in [0.4, 0.5) is 17.3 Å². The second-order valence-corrected chi connectivity index (χ2v) is 13.3. The van der Waals surface area contributed by atoms with Crippen LogP contribution in [0.15, 0.2) is 79.3 Å². The van der Waals surface area contributed by atoms with Crippen molar-refractivity contribution >= 4 is 41.2 Å².